The number of anilines is 1. The second-order valence-corrected chi connectivity index (χ2v) is 6.93. The van der Waals surface area contributed by atoms with Crippen LogP contribution in [0.4, 0.5) is 10.3 Å². The minimum atomic E-state index is -0.296. The molecule has 0 unspecified atom stereocenters. The molecule has 3 rings (SSSR count). The number of unbranched alkanes of at least 4 members (excludes halogenated alkanes) is 1. The van der Waals surface area contributed by atoms with E-state index in [0.29, 0.717) is 11.6 Å². The van der Waals surface area contributed by atoms with Crippen LogP contribution in [-0.4, -0.2) is 11.1 Å². The molecule has 0 bridgehead atoms. The Labute approximate surface area is 147 Å². The Morgan fingerprint density at radius 3 is 2.64 bits per heavy atom. The van der Waals surface area contributed by atoms with E-state index >= 15 is 0 Å². The van der Waals surface area contributed by atoms with Crippen molar-refractivity contribution in [2.45, 2.75) is 51.9 Å². The van der Waals surface area contributed by atoms with Crippen LogP contribution in [0.3, 0.4) is 0 Å². The number of halogens is 1. The van der Waals surface area contributed by atoms with Gasteiger partial charge in [-0.3, -0.25) is 10.1 Å². The number of carbonyl (C=O) groups is 1. The van der Waals surface area contributed by atoms with Crippen molar-refractivity contribution in [3.63, 3.8) is 0 Å². The average molecular weight is 344 g/mol. The van der Waals surface area contributed by atoms with Crippen LogP contribution in [0.25, 0.3) is 11.3 Å². The summed E-state index contributed by atoms with van der Waals surface area (Å²) in [6.45, 7) is 2.22. The normalized spacial score (nSPS) is 20.4. The molecule has 1 aliphatic rings. The lowest BCUT2D eigenvalue weighted by Gasteiger charge is -2.27. The molecular weight excluding hydrogens is 319 g/mol. The van der Waals surface area contributed by atoms with Gasteiger partial charge in [0.1, 0.15) is 11.5 Å². The molecule has 0 radical (unpaired) electrons. The molecule has 4 nitrogen and oxygen atoms in total. The topological polar surface area (TPSA) is 55.1 Å². The van der Waals surface area contributed by atoms with E-state index in [4.69, 9.17) is 4.52 Å². The number of hydrogen-bond donors (Lipinski definition) is 1. The molecule has 1 fully saturated rings. The molecule has 1 N–H and O–H groups in total. The lowest BCUT2D eigenvalue weighted by molar-refractivity contribution is -0.121. The van der Waals surface area contributed by atoms with Crippen LogP contribution in [0, 0.1) is 17.7 Å². The van der Waals surface area contributed by atoms with Crippen molar-refractivity contribution in [2.75, 3.05) is 5.32 Å². The van der Waals surface area contributed by atoms with Gasteiger partial charge in [0.05, 0.1) is 0 Å². The smallest absolute Gasteiger partial charge is 0.231 e. The number of aromatic nitrogens is 1. The molecule has 1 aromatic carbocycles. The minimum Gasteiger partial charge on any atom is -0.338 e. The Morgan fingerprint density at radius 2 is 1.96 bits per heavy atom. The van der Waals surface area contributed by atoms with Gasteiger partial charge in [0.2, 0.25) is 11.8 Å². The number of amides is 1. The molecule has 0 spiro atoms. The van der Waals surface area contributed by atoms with Crippen molar-refractivity contribution in [3.8, 4) is 11.3 Å². The van der Waals surface area contributed by atoms with Gasteiger partial charge in [0.25, 0.3) is 0 Å². The molecule has 134 valence electrons. The fourth-order valence-corrected chi connectivity index (χ4v) is 3.52. The highest BCUT2D eigenvalue weighted by atomic mass is 19.1. The molecule has 1 heterocycles. The van der Waals surface area contributed by atoms with E-state index in [1.54, 1.807) is 18.2 Å². The Bertz CT molecular complexity index is 688. The maximum atomic E-state index is 13.0. The van der Waals surface area contributed by atoms with Crippen molar-refractivity contribution in [1.29, 1.82) is 0 Å². The third kappa shape index (κ3) is 4.68. The van der Waals surface area contributed by atoms with Crippen LogP contribution in [-0.2, 0) is 4.79 Å². The van der Waals surface area contributed by atoms with Crippen LogP contribution in [0.15, 0.2) is 34.9 Å². The molecule has 1 aliphatic carbocycles. The quantitative estimate of drug-likeness (QED) is 0.761. The highest BCUT2D eigenvalue weighted by Gasteiger charge is 2.26. The zero-order valence-corrected chi connectivity index (χ0v) is 14.6. The second kappa shape index (κ2) is 8.28. The lowest BCUT2D eigenvalue weighted by atomic mass is 9.79. The summed E-state index contributed by atoms with van der Waals surface area (Å²) in [6.07, 6.45) is 7.96. The predicted molar refractivity (Wildman–Crippen MR) is 95.5 cm³/mol. The summed E-state index contributed by atoms with van der Waals surface area (Å²) in [7, 11) is 0. The highest BCUT2D eigenvalue weighted by molar-refractivity contribution is 5.91. The van der Waals surface area contributed by atoms with Crippen molar-refractivity contribution in [2.24, 2.45) is 11.8 Å². The van der Waals surface area contributed by atoms with Gasteiger partial charge >= 0.3 is 0 Å². The van der Waals surface area contributed by atoms with E-state index in [2.05, 4.69) is 17.4 Å². The minimum absolute atomic E-state index is 0.00995. The monoisotopic (exact) mass is 344 g/mol. The fraction of sp³-hybridized carbons (Fsp3) is 0.500. The standard InChI is InChI=1S/C20H25FN2O2/c1-2-3-4-14-5-7-16(8-6-14)20(24)22-19-13-18(23-25-19)15-9-11-17(21)12-10-15/h9-14,16H,2-8H2,1H3,(H,22,24). The number of hydrogen-bond acceptors (Lipinski definition) is 3. The van der Waals surface area contributed by atoms with E-state index in [1.165, 1.54) is 31.4 Å². The molecule has 1 amide bonds. The van der Waals surface area contributed by atoms with Crippen LogP contribution in [0.5, 0.6) is 0 Å². The molecule has 1 aromatic heterocycles. The molecular formula is C20H25FN2O2. The summed E-state index contributed by atoms with van der Waals surface area (Å²) in [6, 6.07) is 7.70. The second-order valence-electron chi connectivity index (χ2n) is 6.93. The number of carbonyl (C=O) groups excluding carboxylic acids is 1. The Hall–Kier alpha value is -2.17. The first-order valence-corrected chi connectivity index (χ1v) is 9.19. The number of rotatable bonds is 6. The zero-order chi connectivity index (χ0) is 17.6. The predicted octanol–water partition coefficient (Wildman–Crippen LogP) is 5.42. The maximum absolute atomic E-state index is 13.0. The van der Waals surface area contributed by atoms with Gasteiger partial charge in [0.15, 0.2) is 0 Å². The molecule has 1 saturated carbocycles. The number of benzene rings is 1. The van der Waals surface area contributed by atoms with Gasteiger partial charge in [0, 0.05) is 17.5 Å². The van der Waals surface area contributed by atoms with Crippen molar-refractivity contribution in [1.82, 2.24) is 5.16 Å². The van der Waals surface area contributed by atoms with E-state index in [-0.39, 0.29) is 17.6 Å². The zero-order valence-electron chi connectivity index (χ0n) is 14.6. The van der Waals surface area contributed by atoms with Crippen molar-refractivity contribution in [3.05, 3.63) is 36.1 Å². The van der Waals surface area contributed by atoms with Gasteiger partial charge in [-0.25, -0.2) is 4.39 Å². The summed E-state index contributed by atoms with van der Waals surface area (Å²) in [4.78, 5) is 12.4. The summed E-state index contributed by atoms with van der Waals surface area (Å²) in [5.41, 5.74) is 1.33. The van der Waals surface area contributed by atoms with E-state index in [9.17, 15) is 9.18 Å². The first-order valence-electron chi connectivity index (χ1n) is 9.19. The van der Waals surface area contributed by atoms with Gasteiger partial charge < -0.3 is 4.52 Å². The van der Waals surface area contributed by atoms with Crippen LogP contribution in [0.1, 0.15) is 51.9 Å². The Kier molecular flexibility index (Phi) is 5.84. The van der Waals surface area contributed by atoms with E-state index in [1.807, 2.05) is 0 Å². The summed E-state index contributed by atoms with van der Waals surface area (Å²) in [5.74, 6) is 0.889. The largest absolute Gasteiger partial charge is 0.338 e. The molecule has 25 heavy (non-hydrogen) atoms. The third-order valence-electron chi connectivity index (χ3n) is 5.08. The highest BCUT2D eigenvalue weighted by Crippen LogP contribution is 2.32. The SMILES string of the molecule is CCCCC1CCC(C(=O)Nc2cc(-c3ccc(F)cc3)no2)CC1. The summed E-state index contributed by atoms with van der Waals surface area (Å²) >= 11 is 0. The van der Waals surface area contributed by atoms with Crippen LogP contribution >= 0.6 is 0 Å². The number of nitrogens with one attached hydrogen (secondary N) is 1. The van der Waals surface area contributed by atoms with Crippen LogP contribution < -0.4 is 5.32 Å². The van der Waals surface area contributed by atoms with E-state index in [0.717, 1.165) is 37.2 Å². The van der Waals surface area contributed by atoms with Gasteiger partial charge in [-0.2, -0.15) is 0 Å². The first-order chi connectivity index (χ1) is 12.2. The molecule has 2 aromatic rings. The van der Waals surface area contributed by atoms with Crippen LogP contribution in [0.2, 0.25) is 0 Å². The van der Waals surface area contributed by atoms with Gasteiger partial charge in [-0.05, 0) is 55.9 Å². The summed E-state index contributed by atoms with van der Waals surface area (Å²) < 4.78 is 18.2. The maximum Gasteiger partial charge on any atom is 0.231 e. The first kappa shape index (κ1) is 17.6. The van der Waals surface area contributed by atoms with Crippen molar-refractivity contribution >= 4 is 11.8 Å². The molecule has 0 atom stereocenters. The summed E-state index contributed by atoms with van der Waals surface area (Å²) in [5, 5.41) is 6.78. The number of nitrogens with zero attached hydrogens (tertiary/aromatic N) is 1. The van der Waals surface area contributed by atoms with Gasteiger partial charge in [-0.1, -0.05) is 31.3 Å². The molecule has 0 saturated heterocycles. The van der Waals surface area contributed by atoms with Crippen molar-refractivity contribution < 1.29 is 13.7 Å². The average Bonchev–Trinajstić information content (AvgIpc) is 3.09. The lowest BCUT2D eigenvalue weighted by Crippen LogP contribution is -2.27. The Morgan fingerprint density at radius 1 is 1.24 bits per heavy atom. The third-order valence-corrected chi connectivity index (χ3v) is 5.08. The Balaban J connectivity index is 1.53. The fourth-order valence-electron chi connectivity index (χ4n) is 3.52. The molecule has 0 aliphatic heterocycles. The van der Waals surface area contributed by atoms with E-state index < -0.39 is 0 Å². The molecule has 5 heteroatoms. The van der Waals surface area contributed by atoms with Gasteiger partial charge in [-0.15, -0.1) is 0 Å².